The molecule has 5 nitrogen and oxygen atoms in total. The van der Waals surface area contributed by atoms with Crippen molar-refractivity contribution in [1.82, 2.24) is 9.55 Å². The number of imidazole rings is 1. The Kier molecular flexibility index (Phi) is 6.20. The van der Waals surface area contributed by atoms with Crippen LogP contribution in [-0.2, 0) is 24.4 Å². The van der Waals surface area contributed by atoms with Crippen molar-refractivity contribution >= 4 is 11.8 Å². The van der Waals surface area contributed by atoms with Gasteiger partial charge in [-0.15, -0.1) is 0 Å². The predicted molar refractivity (Wildman–Crippen MR) is 117 cm³/mol. The molecule has 1 heterocycles. The molecule has 0 N–H and O–H groups in total. The van der Waals surface area contributed by atoms with E-state index in [9.17, 15) is 4.79 Å². The number of hydrogen-bond acceptors (Lipinski definition) is 3. The van der Waals surface area contributed by atoms with E-state index < -0.39 is 6.09 Å². The van der Waals surface area contributed by atoms with Crippen LogP contribution in [0.3, 0.4) is 0 Å². The summed E-state index contributed by atoms with van der Waals surface area (Å²) in [6.45, 7) is 1.22. The highest BCUT2D eigenvalue weighted by Gasteiger charge is 2.18. The molecule has 5 heteroatoms. The molecule has 150 valence electrons. The summed E-state index contributed by atoms with van der Waals surface area (Å²) < 4.78 is 7.65. The lowest BCUT2D eigenvalue weighted by Gasteiger charge is -2.22. The number of para-hydroxylation sites is 1. The van der Waals surface area contributed by atoms with Crippen molar-refractivity contribution in [3.63, 3.8) is 0 Å². The zero-order chi connectivity index (χ0) is 20.6. The molecule has 0 saturated carbocycles. The van der Waals surface area contributed by atoms with Crippen LogP contribution in [0.15, 0.2) is 103 Å². The summed E-state index contributed by atoms with van der Waals surface area (Å²) in [5.74, 6) is 0.708. The van der Waals surface area contributed by atoms with E-state index >= 15 is 0 Å². The van der Waals surface area contributed by atoms with Crippen molar-refractivity contribution in [2.24, 2.45) is 0 Å². The van der Waals surface area contributed by atoms with E-state index in [1.807, 2.05) is 89.6 Å². The summed E-state index contributed by atoms with van der Waals surface area (Å²) >= 11 is 0. The van der Waals surface area contributed by atoms with Gasteiger partial charge in [-0.25, -0.2) is 9.78 Å². The van der Waals surface area contributed by atoms with Crippen molar-refractivity contribution in [3.05, 3.63) is 120 Å². The molecule has 0 atom stereocenters. The third-order valence-electron chi connectivity index (χ3n) is 4.79. The Bertz CT molecular complexity index is 1060. The number of benzene rings is 3. The third-order valence-corrected chi connectivity index (χ3v) is 4.79. The van der Waals surface area contributed by atoms with Crippen LogP contribution in [-0.4, -0.2) is 15.6 Å². The molecule has 1 amide bonds. The molecule has 3 aromatic carbocycles. The first-order valence-corrected chi connectivity index (χ1v) is 9.87. The molecule has 0 aliphatic rings. The average Bonchev–Trinajstić information content (AvgIpc) is 3.24. The minimum absolute atomic E-state index is 0.108. The molecule has 0 spiro atoms. The fourth-order valence-corrected chi connectivity index (χ4v) is 3.24. The number of aromatic nitrogens is 2. The number of carbonyl (C=O) groups excluding carboxylic acids is 1. The van der Waals surface area contributed by atoms with E-state index in [1.165, 1.54) is 0 Å². The maximum Gasteiger partial charge on any atom is 0.415 e. The molecule has 4 rings (SSSR count). The molecular weight excluding hydrogens is 374 g/mol. The lowest BCUT2D eigenvalue weighted by molar-refractivity contribution is 0.142. The van der Waals surface area contributed by atoms with Crippen molar-refractivity contribution in [2.45, 2.75) is 19.7 Å². The van der Waals surface area contributed by atoms with E-state index in [1.54, 1.807) is 11.1 Å². The number of ether oxygens (including phenoxy) is 1. The van der Waals surface area contributed by atoms with Crippen LogP contribution in [0.2, 0.25) is 0 Å². The monoisotopic (exact) mass is 397 g/mol. The molecular formula is C25H23N3O2. The fraction of sp³-hybridized carbons (Fsp3) is 0.120. The van der Waals surface area contributed by atoms with Gasteiger partial charge in [0.15, 0.2) is 6.61 Å². The second-order valence-corrected chi connectivity index (χ2v) is 6.92. The Morgan fingerprint density at radius 1 is 0.833 bits per heavy atom. The molecule has 0 radical (unpaired) electrons. The molecule has 30 heavy (non-hydrogen) atoms. The molecule has 0 bridgehead atoms. The Morgan fingerprint density at radius 2 is 1.43 bits per heavy atom. The Hall–Kier alpha value is -3.86. The van der Waals surface area contributed by atoms with Gasteiger partial charge in [0.2, 0.25) is 0 Å². The van der Waals surface area contributed by atoms with E-state index in [0.29, 0.717) is 18.9 Å². The summed E-state index contributed by atoms with van der Waals surface area (Å²) in [5, 5.41) is 0. The summed E-state index contributed by atoms with van der Waals surface area (Å²) in [6.07, 6.45) is 3.22. The van der Waals surface area contributed by atoms with Gasteiger partial charge in [-0.1, -0.05) is 78.9 Å². The number of hydrogen-bond donors (Lipinski definition) is 0. The first-order valence-electron chi connectivity index (χ1n) is 9.87. The van der Waals surface area contributed by atoms with Crippen molar-refractivity contribution in [3.8, 4) is 0 Å². The van der Waals surface area contributed by atoms with E-state index in [0.717, 1.165) is 16.8 Å². The van der Waals surface area contributed by atoms with Crippen LogP contribution in [0.5, 0.6) is 0 Å². The highest BCUT2D eigenvalue weighted by atomic mass is 16.6. The average molecular weight is 397 g/mol. The van der Waals surface area contributed by atoms with Crippen LogP contribution in [0, 0.1) is 0 Å². The minimum Gasteiger partial charge on any atom is -0.441 e. The quantitative estimate of drug-likeness (QED) is 0.427. The zero-order valence-corrected chi connectivity index (χ0v) is 16.6. The highest BCUT2D eigenvalue weighted by molar-refractivity contribution is 5.87. The van der Waals surface area contributed by atoms with E-state index in [2.05, 4.69) is 17.1 Å². The summed E-state index contributed by atoms with van der Waals surface area (Å²) in [6, 6.07) is 29.6. The topological polar surface area (TPSA) is 47.4 Å². The van der Waals surface area contributed by atoms with Gasteiger partial charge >= 0.3 is 6.09 Å². The number of amides is 1. The highest BCUT2D eigenvalue weighted by Crippen LogP contribution is 2.19. The standard InChI is InChI=1S/C25H23N3O2/c29-25(28(23-14-8-3-9-15-23)19-22-12-6-2-7-13-22)30-20-24-26-16-17-27(24)18-21-10-4-1-5-11-21/h1-17H,18-20H2. The SMILES string of the molecule is O=C(OCc1nccn1Cc1ccccc1)N(Cc1ccccc1)c1ccccc1. The zero-order valence-electron chi connectivity index (χ0n) is 16.6. The molecule has 0 saturated heterocycles. The van der Waals surface area contributed by atoms with E-state index in [4.69, 9.17) is 4.74 Å². The second kappa shape index (κ2) is 9.56. The molecule has 0 unspecified atom stereocenters. The van der Waals surface area contributed by atoms with Crippen LogP contribution >= 0.6 is 0 Å². The smallest absolute Gasteiger partial charge is 0.415 e. The Labute approximate surface area is 176 Å². The van der Waals surface area contributed by atoms with Crippen molar-refractivity contribution < 1.29 is 9.53 Å². The minimum atomic E-state index is -0.403. The van der Waals surface area contributed by atoms with Gasteiger partial charge in [-0.3, -0.25) is 4.90 Å². The summed E-state index contributed by atoms with van der Waals surface area (Å²) in [5.41, 5.74) is 2.99. The van der Waals surface area contributed by atoms with Gasteiger partial charge in [0.25, 0.3) is 0 Å². The first-order chi connectivity index (χ1) is 14.8. The Morgan fingerprint density at radius 3 is 2.10 bits per heavy atom. The third kappa shape index (κ3) is 4.94. The number of carbonyl (C=O) groups is 1. The van der Waals surface area contributed by atoms with Crippen molar-refractivity contribution in [2.75, 3.05) is 4.90 Å². The second-order valence-electron chi connectivity index (χ2n) is 6.92. The van der Waals surface area contributed by atoms with Gasteiger partial charge in [-0.05, 0) is 23.3 Å². The number of rotatable bonds is 7. The largest absolute Gasteiger partial charge is 0.441 e. The van der Waals surface area contributed by atoms with Gasteiger partial charge in [-0.2, -0.15) is 0 Å². The van der Waals surface area contributed by atoms with Gasteiger partial charge in [0.05, 0.1) is 6.54 Å². The van der Waals surface area contributed by atoms with Gasteiger partial charge in [0, 0.05) is 24.6 Å². The molecule has 0 aliphatic carbocycles. The number of anilines is 1. The first kappa shape index (κ1) is 19.5. The van der Waals surface area contributed by atoms with Crippen LogP contribution in [0.25, 0.3) is 0 Å². The predicted octanol–water partition coefficient (Wildman–Crippen LogP) is 5.27. The number of nitrogens with zero attached hydrogens (tertiary/aromatic N) is 3. The van der Waals surface area contributed by atoms with E-state index in [-0.39, 0.29) is 6.61 Å². The fourth-order valence-electron chi connectivity index (χ4n) is 3.24. The normalized spacial score (nSPS) is 10.5. The van der Waals surface area contributed by atoms with Gasteiger partial charge in [0.1, 0.15) is 5.82 Å². The molecule has 1 aromatic heterocycles. The van der Waals surface area contributed by atoms with Crippen molar-refractivity contribution in [1.29, 1.82) is 0 Å². The summed E-state index contributed by atoms with van der Waals surface area (Å²) in [4.78, 5) is 19.0. The lowest BCUT2D eigenvalue weighted by Crippen LogP contribution is -2.31. The summed E-state index contributed by atoms with van der Waals surface area (Å²) in [7, 11) is 0. The van der Waals surface area contributed by atoms with Crippen LogP contribution in [0.1, 0.15) is 17.0 Å². The lowest BCUT2D eigenvalue weighted by atomic mass is 10.2. The van der Waals surface area contributed by atoms with Crippen LogP contribution in [0.4, 0.5) is 10.5 Å². The van der Waals surface area contributed by atoms with Gasteiger partial charge < -0.3 is 9.30 Å². The van der Waals surface area contributed by atoms with Crippen LogP contribution < -0.4 is 4.90 Å². The Balaban J connectivity index is 1.46. The molecule has 4 aromatic rings. The maximum absolute atomic E-state index is 13.0. The molecule has 0 fully saturated rings. The maximum atomic E-state index is 13.0. The molecule has 0 aliphatic heterocycles.